The number of aromatic amines is 1. The molecule has 0 saturated heterocycles. The lowest BCUT2D eigenvalue weighted by Crippen LogP contribution is -2.42. The molecule has 0 fully saturated rings. The van der Waals surface area contributed by atoms with Gasteiger partial charge < -0.3 is 0 Å². The smallest absolute Gasteiger partial charge is 0.273 e. The van der Waals surface area contributed by atoms with Gasteiger partial charge in [-0.25, -0.2) is 4.68 Å². The molecule has 3 N–H and O–H groups in total. The quantitative estimate of drug-likeness (QED) is 0.458. The number of rotatable bonds is 5. The third kappa shape index (κ3) is 4.38. The average Bonchev–Trinajstić information content (AvgIpc) is 3.43. The van der Waals surface area contributed by atoms with E-state index < -0.39 is 5.91 Å². The Morgan fingerprint density at radius 3 is 2.45 bits per heavy atom. The lowest BCUT2D eigenvalue weighted by Gasteiger charge is -2.05. The highest BCUT2D eigenvalue weighted by atomic mass is 16.2. The first-order valence-electron chi connectivity index (χ1n) is 8.98. The summed E-state index contributed by atoms with van der Waals surface area (Å²) >= 11 is 0. The van der Waals surface area contributed by atoms with Gasteiger partial charge in [0.15, 0.2) is 0 Å². The fraction of sp³-hybridized carbons (Fsp3) is 0.0476. The molecule has 8 heteroatoms. The van der Waals surface area contributed by atoms with Gasteiger partial charge in [-0.3, -0.25) is 25.5 Å². The van der Waals surface area contributed by atoms with Gasteiger partial charge in [-0.15, -0.1) is 0 Å². The Kier molecular flexibility index (Phi) is 5.15. The van der Waals surface area contributed by atoms with E-state index in [-0.39, 0.29) is 18.0 Å². The molecule has 0 spiro atoms. The van der Waals surface area contributed by atoms with Crippen LogP contribution in [0.2, 0.25) is 0 Å². The number of benzene rings is 2. The van der Waals surface area contributed by atoms with Gasteiger partial charge in [0.2, 0.25) is 5.91 Å². The number of carbonyl (C=O) groups is 2. The van der Waals surface area contributed by atoms with Crippen molar-refractivity contribution in [1.82, 2.24) is 30.8 Å². The molecule has 29 heavy (non-hydrogen) atoms. The van der Waals surface area contributed by atoms with Crippen molar-refractivity contribution >= 4 is 11.8 Å². The van der Waals surface area contributed by atoms with E-state index in [0.29, 0.717) is 5.69 Å². The normalized spacial score (nSPS) is 10.5. The molecule has 0 unspecified atom stereocenters. The van der Waals surface area contributed by atoms with Crippen LogP contribution in [0.4, 0.5) is 0 Å². The molecular weight excluding hydrogens is 368 g/mol. The minimum atomic E-state index is -0.479. The maximum absolute atomic E-state index is 12.2. The monoisotopic (exact) mass is 386 g/mol. The number of para-hydroxylation sites is 1. The molecule has 0 radical (unpaired) electrons. The molecule has 0 aliphatic carbocycles. The minimum absolute atomic E-state index is 0.0886. The molecule has 8 nitrogen and oxygen atoms in total. The maximum atomic E-state index is 12.2. The van der Waals surface area contributed by atoms with Crippen LogP contribution in [0.25, 0.3) is 16.9 Å². The third-order valence-electron chi connectivity index (χ3n) is 4.23. The standard InChI is InChI=1S/C21H18N6O2/c28-20(11-15-13-22-27(14-15)17-9-5-2-6-10-17)25-26-21(29)19-12-18(23-24-19)16-7-3-1-4-8-16/h1-10,12-14H,11H2,(H,23,24)(H,25,28)(H,26,29). The van der Waals surface area contributed by atoms with Crippen LogP contribution in [0, 0.1) is 0 Å². The van der Waals surface area contributed by atoms with Gasteiger partial charge in [-0.05, 0) is 23.8 Å². The lowest BCUT2D eigenvalue weighted by atomic mass is 10.1. The fourth-order valence-electron chi connectivity index (χ4n) is 2.79. The van der Waals surface area contributed by atoms with Crippen LogP contribution in [0.15, 0.2) is 79.1 Å². The third-order valence-corrected chi connectivity index (χ3v) is 4.23. The zero-order valence-corrected chi connectivity index (χ0v) is 15.4. The van der Waals surface area contributed by atoms with E-state index in [0.717, 1.165) is 16.8 Å². The molecule has 2 aromatic heterocycles. The van der Waals surface area contributed by atoms with Crippen molar-refractivity contribution in [1.29, 1.82) is 0 Å². The van der Waals surface area contributed by atoms with Crippen molar-refractivity contribution in [3.05, 3.63) is 90.4 Å². The van der Waals surface area contributed by atoms with Crippen molar-refractivity contribution in [2.75, 3.05) is 0 Å². The zero-order chi connectivity index (χ0) is 20.1. The highest BCUT2D eigenvalue weighted by molar-refractivity contribution is 5.94. The number of H-pyrrole nitrogens is 1. The number of carbonyl (C=O) groups excluding carboxylic acids is 2. The maximum Gasteiger partial charge on any atom is 0.287 e. The molecule has 2 aromatic carbocycles. The Morgan fingerprint density at radius 1 is 0.966 bits per heavy atom. The van der Waals surface area contributed by atoms with Crippen LogP contribution in [0.5, 0.6) is 0 Å². The molecule has 4 aromatic rings. The number of hydrogen-bond acceptors (Lipinski definition) is 4. The summed E-state index contributed by atoms with van der Waals surface area (Å²) in [6.45, 7) is 0. The second kappa shape index (κ2) is 8.22. The summed E-state index contributed by atoms with van der Waals surface area (Å²) in [7, 11) is 0. The Labute approximate surface area is 166 Å². The predicted molar refractivity (Wildman–Crippen MR) is 107 cm³/mol. The minimum Gasteiger partial charge on any atom is -0.273 e. The second-order valence-corrected chi connectivity index (χ2v) is 6.34. The van der Waals surface area contributed by atoms with E-state index in [1.54, 1.807) is 23.1 Å². The predicted octanol–water partition coefficient (Wildman–Crippen LogP) is 2.27. The van der Waals surface area contributed by atoms with Crippen molar-refractivity contribution in [3.63, 3.8) is 0 Å². The summed E-state index contributed by atoms with van der Waals surface area (Å²) in [5, 5.41) is 11.0. The van der Waals surface area contributed by atoms with Gasteiger partial charge in [-0.2, -0.15) is 10.2 Å². The van der Waals surface area contributed by atoms with Crippen LogP contribution in [0.3, 0.4) is 0 Å². The van der Waals surface area contributed by atoms with E-state index in [9.17, 15) is 9.59 Å². The summed E-state index contributed by atoms with van der Waals surface area (Å²) in [4.78, 5) is 24.4. The first-order valence-corrected chi connectivity index (χ1v) is 8.98. The van der Waals surface area contributed by atoms with E-state index >= 15 is 0 Å². The van der Waals surface area contributed by atoms with E-state index in [2.05, 4.69) is 26.1 Å². The Hall–Kier alpha value is -4.20. The molecule has 0 saturated carbocycles. The van der Waals surface area contributed by atoms with Gasteiger partial charge in [0.25, 0.3) is 5.91 Å². The van der Waals surface area contributed by atoms with E-state index in [4.69, 9.17) is 0 Å². The zero-order valence-electron chi connectivity index (χ0n) is 15.4. The molecule has 2 heterocycles. The number of hydrazine groups is 1. The van der Waals surface area contributed by atoms with Crippen LogP contribution in [0.1, 0.15) is 16.1 Å². The molecule has 4 rings (SSSR count). The van der Waals surface area contributed by atoms with Gasteiger partial charge >= 0.3 is 0 Å². The molecule has 0 atom stereocenters. The number of nitrogens with zero attached hydrogens (tertiary/aromatic N) is 3. The highest BCUT2D eigenvalue weighted by Gasteiger charge is 2.13. The topological polar surface area (TPSA) is 105 Å². The summed E-state index contributed by atoms with van der Waals surface area (Å²) in [6.07, 6.45) is 3.48. The Morgan fingerprint density at radius 2 is 1.69 bits per heavy atom. The summed E-state index contributed by atoms with van der Waals surface area (Å²) in [5.41, 5.74) is 8.21. The summed E-state index contributed by atoms with van der Waals surface area (Å²) < 4.78 is 1.69. The van der Waals surface area contributed by atoms with E-state index in [1.807, 2.05) is 60.7 Å². The van der Waals surface area contributed by atoms with Crippen LogP contribution >= 0.6 is 0 Å². The summed E-state index contributed by atoms with van der Waals surface area (Å²) in [5.74, 6) is -0.832. The number of hydrogen-bond donors (Lipinski definition) is 3. The molecular formula is C21H18N6O2. The molecule has 2 amide bonds. The molecule has 0 aliphatic rings. The van der Waals surface area contributed by atoms with Crippen molar-refractivity contribution in [2.45, 2.75) is 6.42 Å². The van der Waals surface area contributed by atoms with Crippen LogP contribution < -0.4 is 10.9 Å². The van der Waals surface area contributed by atoms with Crippen molar-refractivity contribution in [3.8, 4) is 16.9 Å². The van der Waals surface area contributed by atoms with Crippen LogP contribution in [-0.4, -0.2) is 31.8 Å². The fourth-order valence-corrected chi connectivity index (χ4v) is 2.79. The molecule has 0 bridgehead atoms. The number of aromatic nitrogens is 4. The van der Waals surface area contributed by atoms with Crippen molar-refractivity contribution in [2.24, 2.45) is 0 Å². The van der Waals surface area contributed by atoms with Crippen molar-refractivity contribution < 1.29 is 9.59 Å². The second-order valence-electron chi connectivity index (χ2n) is 6.34. The first-order chi connectivity index (χ1) is 14.2. The Balaban J connectivity index is 1.31. The van der Waals surface area contributed by atoms with Gasteiger partial charge in [0.1, 0.15) is 5.69 Å². The van der Waals surface area contributed by atoms with Crippen LogP contribution in [-0.2, 0) is 11.2 Å². The van der Waals surface area contributed by atoms with Gasteiger partial charge in [0.05, 0.1) is 24.0 Å². The largest absolute Gasteiger partial charge is 0.287 e. The lowest BCUT2D eigenvalue weighted by molar-refractivity contribution is -0.121. The Bertz CT molecular complexity index is 1120. The highest BCUT2D eigenvalue weighted by Crippen LogP contribution is 2.16. The average molecular weight is 386 g/mol. The molecule has 0 aliphatic heterocycles. The van der Waals surface area contributed by atoms with Gasteiger partial charge in [-0.1, -0.05) is 48.5 Å². The number of amides is 2. The van der Waals surface area contributed by atoms with Gasteiger partial charge in [0, 0.05) is 11.8 Å². The summed E-state index contributed by atoms with van der Waals surface area (Å²) in [6, 6.07) is 20.7. The number of nitrogens with one attached hydrogen (secondary N) is 3. The SMILES string of the molecule is O=C(Cc1cnn(-c2ccccc2)c1)NNC(=O)c1cc(-c2ccccc2)n[nH]1. The van der Waals surface area contributed by atoms with E-state index in [1.165, 1.54) is 0 Å². The molecule has 144 valence electrons. The first kappa shape index (κ1) is 18.2.